The van der Waals surface area contributed by atoms with Crippen LogP contribution in [0.2, 0.25) is 0 Å². The Bertz CT molecular complexity index is 937. The molecule has 1 aliphatic rings. The summed E-state index contributed by atoms with van der Waals surface area (Å²) in [7, 11) is 0. The van der Waals surface area contributed by atoms with Crippen LogP contribution < -0.4 is 11.1 Å². The summed E-state index contributed by atoms with van der Waals surface area (Å²) < 4.78 is 5.14. The second kappa shape index (κ2) is 12.5. The third-order valence-electron chi connectivity index (χ3n) is 6.77. The number of benzene rings is 2. The van der Waals surface area contributed by atoms with Gasteiger partial charge in [-0.25, -0.2) is 9.59 Å². The molecule has 6 nitrogen and oxygen atoms in total. The Morgan fingerprint density at radius 2 is 1.38 bits per heavy atom. The zero-order chi connectivity index (χ0) is 24.5. The molecule has 2 atom stereocenters. The highest BCUT2D eigenvalue weighted by Crippen LogP contribution is 2.33. The second-order valence-electron chi connectivity index (χ2n) is 9.64. The minimum absolute atomic E-state index is 0.128. The Hall–Kier alpha value is -2.99. The van der Waals surface area contributed by atoms with Crippen LogP contribution in [-0.2, 0) is 32.0 Å². The predicted octanol–water partition coefficient (Wildman–Crippen LogP) is 3.82. The van der Waals surface area contributed by atoms with Crippen LogP contribution in [0.4, 0.5) is 0 Å². The van der Waals surface area contributed by atoms with Gasteiger partial charge < -0.3 is 15.8 Å². The summed E-state index contributed by atoms with van der Waals surface area (Å²) >= 11 is 0. The first-order chi connectivity index (χ1) is 16.3. The van der Waals surface area contributed by atoms with Crippen molar-refractivity contribution in [3.63, 3.8) is 0 Å². The third-order valence-corrected chi connectivity index (χ3v) is 6.77. The fourth-order valence-electron chi connectivity index (χ4n) is 4.58. The van der Waals surface area contributed by atoms with Crippen LogP contribution in [0.3, 0.4) is 0 Å². The van der Waals surface area contributed by atoms with Gasteiger partial charge in [-0.15, -0.1) is 0 Å². The minimum Gasteiger partial charge on any atom is -0.390 e. The number of esters is 2. The first kappa shape index (κ1) is 25.6. The monoisotopic (exact) mass is 464 g/mol. The first-order valence-corrected chi connectivity index (χ1v) is 12.2. The van der Waals surface area contributed by atoms with Crippen LogP contribution in [0.15, 0.2) is 60.7 Å². The summed E-state index contributed by atoms with van der Waals surface area (Å²) in [6, 6.07) is 16.8. The maximum Gasteiger partial charge on any atom is 0.336 e. The average Bonchev–Trinajstić information content (AvgIpc) is 2.84. The number of nitrogens with two attached hydrogens (primary N) is 1. The molecule has 2 aromatic rings. The van der Waals surface area contributed by atoms with Gasteiger partial charge in [0.1, 0.15) is 12.1 Å². The lowest BCUT2D eigenvalue weighted by Crippen LogP contribution is -2.48. The van der Waals surface area contributed by atoms with E-state index >= 15 is 0 Å². The number of ether oxygens (including phenoxy) is 1. The van der Waals surface area contributed by atoms with E-state index in [9.17, 15) is 14.4 Å². The zero-order valence-electron chi connectivity index (χ0n) is 20.1. The van der Waals surface area contributed by atoms with Crippen molar-refractivity contribution >= 4 is 17.8 Å². The molecule has 0 unspecified atom stereocenters. The summed E-state index contributed by atoms with van der Waals surface area (Å²) in [5.41, 5.74) is 7.74. The summed E-state index contributed by atoms with van der Waals surface area (Å²) in [4.78, 5) is 38.5. The lowest BCUT2D eigenvalue weighted by molar-refractivity contribution is -0.163. The van der Waals surface area contributed by atoms with Gasteiger partial charge in [-0.05, 0) is 55.1 Å². The molecule has 2 aromatic carbocycles. The van der Waals surface area contributed by atoms with Crippen LogP contribution in [0, 0.1) is 17.8 Å². The SMILES string of the molecule is CC(C)C1CCC(C(=O)N[C@@H](Cc2ccccc2)C(=O)OC(=O)[C@@H](N)Cc2ccccc2)CC1. The highest BCUT2D eigenvalue weighted by Gasteiger charge is 2.32. The van der Waals surface area contributed by atoms with Crippen molar-refractivity contribution in [1.82, 2.24) is 5.32 Å². The number of nitrogens with one attached hydrogen (secondary N) is 1. The van der Waals surface area contributed by atoms with E-state index in [2.05, 4.69) is 19.2 Å². The topological polar surface area (TPSA) is 98.5 Å². The van der Waals surface area contributed by atoms with Crippen LogP contribution >= 0.6 is 0 Å². The number of hydrogen-bond acceptors (Lipinski definition) is 5. The van der Waals surface area contributed by atoms with E-state index in [1.165, 1.54) is 0 Å². The molecule has 0 bridgehead atoms. The number of hydrogen-bond donors (Lipinski definition) is 2. The molecule has 0 aliphatic heterocycles. The average molecular weight is 465 g/mol. The van der Waals surface area contributed by atoms with Crippen molar-refractivity contribution in [2.75, 3.05) is 0 Å². The molecular weight excluding hydrogens is 428 g/mol. The van der Waals surface area contributed by atoms with Gasteiger partial charge in [0, 0.05) is 12.3 Å². The number of carbonyl (C=O) groups excluding carboxylic acids is 3. The standard InChI is InChI=1S/C28H36N2O4/c1-19(2)22-13-15-23(16-14-22)26(31)30-25(18-21-11-7-4-8-12-21)28(33)34-27(32)24(29)17-20-9-5-3-6-10-20/h3-12,19,22-25H,13-18,29H2,1-2H3,(H,30,31)/t22?,23?,24-,25-/m0/s1. The maximum absolute atomic E-state index is 13.0. The fourth-order valence-corrected chi connectivity index (χ4v) is 4.58. The molecule has 1 aliphatic carbocycles. The van der Waals surface area contributed by atoms with Gasteiger partial charge in [-0.2, -0.15) is 0 Å². The van der Waals surface area contributed by atoms with Crippen molar-refractivity contribution in [3.05, 3.63) is 71.8 Å². The largest absolute Gasteiger partial charge is 0.390 e. The summed E-state index contributed by atoms with van der Waals surface area (Å²) in [6.45, 7) is 4.44. The highest BCUT2D eigenvalue weighted by atomic mass is 16.6. The number of amides is 1. The van der Waals surface area contributed by atoms with Gasteiger partial charge in [0.05, 0.1) is 0 Å². The molecule has 1 saturated carbocycles. The summed E-state index contributed by atoms with van der Waals surface area (Å²) in [5.74, 6) is -0.604. The molecule has 0 spiro atoms. The van der Waals surface area contributed by atoms with Crippen molar-refractivity contribution in [2.45, 2.75) is 64.5 Å². The molecule has 0 aromatic heterocycles. The van der Waals surface area contributed by atoms with E-state index in [1.54, 1.807) is 0 Å². The van der Waals surface area contributed by atoms with E-state index in [1.807, 2.05) is 60.7 Å². The molecule has 1 amide bonds. The molecule has 182 valence electrons. The van der Waals surface area contributed by atoms with E-state index in [-0.39, 0.29) is 24.7 Å². The van der Waals surface area contributed by atoms with E-state index in [0.29, 0.717) is 11.8 Å². The van der Waals surface area contributed by atoms with Crippen LogP contribution in [0.1, 0.15) is 50.7 Å². The second-order valence-corrected chi connectivity index (χ2v) is 9.64. The maximum atomic E-state index is 13.0. The van der Waals surface area contributed by atoms with Gasteiger partial charge >= 0.3 is 11.9 Å². The minimum atomic E-state index is -0.967. The fraction of sp³-hybridized carbons (Fsp3) is 0.464. The molecule has 0 radical (unpaired) electrons. The Balaban J connectivity index is 1.63. The zero-order valence-corrected chi connectivity index (χ0v) is 20.1. The van der Waals surface area contributed by atoms with Crippen molar-refractivity contribution < 1.29 is 19.1 Å². The van der Waals surface area contributed by atoms with Gasteiger partial charge in [-0.3, -0.25) is 4.79 Å². The highest BCUT2D eigenvalue weighted by molar-refractivity contribution is 5.93. The van der Waals surface area contributed by atoms with Crippen molar-refractivity contribution in [2.24, 2.45) is 23.5 Å². The normalized spacial score (nSPS) is 19.8. The van der Waals surface area contributed by atoms with Gasteiger partial charge in [0.2, 0.25) is 5.91 Å². The molecule has 3 rings (SSSR count). The smallest absolute Gasteiger partial charge is 0.336 e. The molecule has 3 N–H and O–H groups in total. The van der Waals surface area contributed by atoms with Gasteiger partial charge in [0.25, 0.3) is 0 Å². The Kier molecular flexibility index (Phi) is 9.40. The van der Waals surface area contributed by atoms with Gasteiger partial charge in [-0.1, -0.05) is 74.5 Å². The lowest BCUT2D eigenvalue weighted by atomic mass is 9.76. The molecule has 6 heteroatoms. The molecule has 1 fully saturated rings. The number of rotatable bonds is 9. The molecule has 0 saturated heterocycles. The van der Waals surface area contributed by atoms with E-state index < -0.39 is 24.0 Å². The summed E-state index contributed by atoms with van der Waals surface area (Å²) in [5, 5.41) is 2.87. The molecular formula is C28H36N2O4. The first-order valence-electron chi connectivity index (χ1n) is 12.2. The third kappa shape index (κ3) is 7.52. The summed E-state index contributed by atoms with van der Waals surface area (Å²) in [6.07, 6.45) is 4.15. The van der Waals surface area contributed by atoms with E-state index in [4.69, 9.17) is 10.5 Å². The molecule has 34 heavy (non-hydrogen) atoms. The Morgan fingerprint density at radius 3 is 1.91 bits per heavy atom. The van der Waals surface area contributed by atoms with Crippen molar-refractivity contribution in [1.29, 1.82) is 0 Å². The van der Waals surface area contributed by atoms with Crippen molar-refractivity contribution in [3.8, 4) is 0 Å². The van der Waals surface area contributed by atoms with Crippen LogP contribution in [0.25, 0.3) is 0 Å². The quantitative estimate of drug-likeness (QED) is 0.434. The van der Waals surface area contributed by atoms with Crippen LogP contribution in [-0.4, -0.2) is 29.9 Å². The Morgan fingerprint density at radius 1 is 0.853 bits per heavy atom. The van der Waals surface area contributed by atoms with Crippen LogP contribution in [0.5, 0.6) is 0 Å². The molecule has 0 heterocycles. The predicted molar refractivity (Wildman–Crippen MR) is 132 cm³/mol. The number of carbonyl (C=O) groups is 3. The van der Waals surface area contributed by atoms with Gasteiger partial charge in [0.15, 0.2) is 0 Å². The lowest BCUT2D eigenvalue weighted by Gasteiger charge is -2.31. The Labute approximate surface area is 202 Å². The van der Waals surface area contributed by atoms with E-state index in [0.717, 1.165) is 36.8 Å².